The average Bonchev–Trinajstić information content (AvgIpc) is 3.03. The summed E-state index contributed by atoms with van der Waals surface area (Å²) in [5, 5.41) is 0. The number of Topliss-reactive ketones (excluding diaryl/α,β-unsaturated/α-hetero) is 1. The van der Waals surface area contributed by atoms with Crippen LogP contribution in [0.3, 0.4) is 0 Å². The highest BCUT2D eigenvalue weighted by atomic mass is 32.2. The van der Waals surface area contributed by atoms with Crippen molar-refractivity contribution in [3.8, 4) is 0 Å². The Morgan fingerprint density at radius 2 is 1.93 bits per heavy atom. The Bertz CT molecular complexity index is 1260. The third kappa shape index (κ3) is 3.36. The van der Waals surface area contributed by atoms with Gasteiger partial charge in [-0.2, -0.15) is 0 Å². The van der Waals surface area contributed by atoms with Crippen molar-refractivity contribution < 1.29 is 13.2 Å². The van der Waals surface area contributed by atoms with Crippen LogP contribution >= 0.6 is 0 Å². The third-order valence-electron chi connectivity index (χ3n) is 5.58. The Morgan fingerprint density at radius 3 is 2.53 bits per heavy atom. The van der Waals surface area contributed by atoms with Crippen molar-refractivity contribution in [1.82, 2.24) is 19.5 Å². The van der Waals surface area contributed by atoms with Gasteiger partial charge in [0.25, 0.3) is 0 Å². The maximum absolute atomic E-state index is 12.0. The quantitative estimate of drug-likeness (QED) is 0.590. The lowest BCUT2D eigenvalue weighted by atomic mass is 10.00. The van der Waals surface area contributed by atoms with Crippen LogP contribution in [0.15, 0.2) is 29.3 Å². The summed E-state index contributed by atoms with van der Waals surface area (Å²) in [7, 11) is -3.30. The first kappa shape index (κ1) is 20.5. The molecule has 0 fully saturated rings. The van der Waals surface area contributed by atoms with Crippen LogP contribution in [-0.4, -0.2) is 46.5 Å². The van der Waals surface area contributed by atoms with Gasteiger partial charge in [0, 0.05) is 25.5 Å². The number of hydrogen-bond acceptors (Lipinski definition) is 7. The van der Waals surface area contributed by atoms with Crippen LogP contribution in [-0.2, 0) is 16.4 Å². The Hall–Kier alpha value is -2.81. The number of ketones is 1. The van der Waals surface area contributed by atoms with E-state index >= 15 is 0 Å². The zero-order chi connectivity index (χ0) is 21.8. The minimum absolute atomic E-state index is 0.0541. The number of anilines is 1. The van der Waals surface area contributed by atoms with Crippen LogP contribution < -0.4 is 4.90 Å². The largest absolute Gasteiger partial charge is 0.329 e. The van der Waals surface area contributed by atoms with E-state index in [-0.39, 0.29) is 17.7 Å². The molecule has 0 N–H and O–H groups in total. The van der Waals surface area contributed by atoms with E-state index < -0.39 is 9.84 Å². The van der Waals surface area contributed by atoms with E-state index in [9.17, 15) is 13.2 Å². The lowest BCUT2D eigenvalue weighted by molar-refractivity contribution is 0.101. The number of aryl methyl sites for hydroxylation is 1. The summed E-state index contributed by atoms with van der Waals surface area (Å²) in [6, 6.07) is 5.00. The predicted octanol–water partition coefficient (Wildman–Crippen LogP) is 2.96. The molecule has 0 unspecified atom stereocenters. The summed E-state index contributed by atoms with van der Waals surface area (Å²) in [6.07, 6.45) is 2.80. The van der Waals surface area contributed by atoms with Crippen molar-refractivity contribution >= 4 is 32.6 Å². The topological polar surface area (TPSA) is 98.0 Å². The normalized spacial score (nSPS) is 16.9. The molecule has 3 heterocycles. The van der Waals surface area contributed by atoms with Crippen molar-refractivity contribution in [2.45, 2.75) is 45.2 Å². The third-order valence-corrected chi connectivity index (χ3v) is 6.69. The standard InChI is InChI=1S/C21H25N5O3S/c1-12(2)19-20-24-17-7-6-15(30(5,28)29)10-18(17)25(20)8-9-26(19)21-22-11-16(14(4)27)13(3)23-21/h6-7,10-12,19H,8-9H2,1-5H3/t19-/m1/s1. The molecule has 9 heteroatoms. The van der Waals surface area contributed by atoms with Gasteiger partial charge in [-0.1, -0.05) is 13.8 Å². The molecule has 158 valence electrons. The number of rotatable bonds is 4. The maximum atomic E-state index is 12.0. The van der Waals surface area contributed by atoms with E-state index in [1.807, 2.05) is 6.92 Å². The smallest absolute Gasteiger partial charge is 0.226 e. The van der Waals surface area contributed by atoms with Crippen molar-refractivity contribution in [2.75, 3.05) is 17.7 Å². The number of aromatic nitrogens is 4. The molecule has 0 spiro atoms. The van der Waals surface area contributed by atoms with Crippen LogP contribution in [0.5, 0.6) is 0 Å². The van der Waals surface area contributed by atoms with Gasteiger partial charge in [-0.05, 0) is 38.0 Å². The zero-order valence-corrected chi connectivity index (χ0v) is 18.6. The van der Waals surface area contributed by atoms with Crippen molar-refractivity contribution in [3.05, 3.63) is 41.5 Å². The van der Waals surface area contributed by atoms with Gasteiger partial charge < -0.3 is 9.47 Å². The van der Waals surface area contributed by atoms with Crippen LogP contribution in [0.1, 0.15) is 48.7 Å². The molecule has 0 amide bonds. The number of sulfone groups is 1. The summed E-state index contributed by atoms with van der Waals surface area (Å²) >= 11 is 0. The first-order chi connectivity index (χ1) is 14.1. The second-order valence-corrected chi connectivity index (χ2v) is 10.2. The van der Waals surface area contributed by atoms with E-state index in [2.05, 4.69) is 33.3 Å². The lowest BCUT2D eigenvalue weighted by Gasteiger charge is -2.38. The van der Waals surface area contributed by atoms with Crippen molar-refractivity contribution in [2.24, 2.45) is 5.92 Å². The molecule has 4 rings (SSSR count). The number of carbonyl (C=O) groups is 1. The number of hydrogen-bond donors (Lipinski definition) is 0. The number of benzene rings is 1. The van der Waals surface area contributed by atoms with Gasteiger partial charge in [-0.25, -0.2) is 23.4 Å². The molecule has 0 bridgehead atoms. The molecule has 3 aromatic rings. The Kier molecular flexibility index (Phi) is 4.88. The first-order valence-electron chi connectivity index (χ1n) is 9.89. The van der Waals surface area contributed by atoms with E-state index in [1.54, 1.807) is 24.4 Å². The van der Waals surface area contributed by atoms with Crippen LogP contribution in [0, 0.1) is 12.8 Å². The van der Waals surface area contributed by atoms with Gasteiger partial charge in [0.2, 0.25) is 5.95 Å². The average molecular weight is 428 g/mol. The van der Waals surface area contributed by atoms with Gasteiger partial charge in [0.05, 0.1) is 33.2 Å². The minimum Gasteiger partial charge on any atom is -0.329 e. The van der Waals surface area contributed by atoms with Gasteiger partial charge in [-0.15, -0.1) is 0 Å². The molecule has 0 saturated heterocycles. The summed E-state index contributed by atoms with van der Waals surface area (Å²) < 4.78 is 26.1. The fourth-order valence-corrected chi connectivity index (χ4v) is 4.76. The lowest BCUT2D eigenvalue weighted by Crippen LogP contribution is -2.42. The summed E-state index contributed by atoms with van der Waals surface area (Å²) in [5.41, 5.74) is 2.78. The van der Waals surface area contributed by atoms with E-state index in [0.29, 0.717) is 35.2 Å². The molecule has 0 radical (unpaired) electrons. The number of fused-ring (bicyclic) bond motifs is 3. The highest BCUT2D eigenvalue weighted by Gasteiger charge is 2.34. The van der Waals surface area contributed by atoms with Crippen molar-refractivity contribution in [3.63, 3.8) is 0 Å². The van der Waals surface area contributed by atoms with Crippen LogP contribution in [0.25, 0.3) is 11.0 Å². The minimum atomic E-state index is -3.30. The molecule has 2 aromatic heterocycles. The first-order valence-corrected chi connectivity index (χ1v) is 11.8. The second-order valence-electron chi connectivity index (χ2n) is 8.15. The molecular weight excluding hydrogens is 402 g/mol. The van der Waals surface area contributed by atoms with Gasteiger partial charge >= 0.3 is 0 Å². The highest BCUT2D eigenvalue weighted by molar-refractivity contribution is 7.90. The Balaban J connectivity index is 1.83. The van der Waals surface area contributed by atoms with Crippen molar-refractivity contribution in [1.29, 1.82) is 0 Å². The van der Waals surface area contributed by atoms with Crippen LogP contribution in [0.2, 0.25) is 0 Å². The van der Waals surface area contributed by atoms with E-state index in [4.69, 9.17) is 4.98 Å². The summed E-state index contributed by atoms with van der Waals surface area (Å²) in [5.74, 6) is 1.60. The molecular formula is C21H25N5O3S. The van der Waals surface area contributed by atoms with E-state index in [1.165, 1.54) is 13.2 Å². The molecule has 0 saturated carbocycles. The zero-order valence-electron chi connectivity index (χ0n) is 17.7. The molecule has 30 heavy (non-hydrogen) atoms. The van der Waals surface area contributed by atoms with Gasteiger partial charge in [0.1, 0.15) is 5.82 Å². The number of carbonyl (C=O) groups excluding carboxylic acids is 1. The van der Waals surface area contributed by atoms with Gasteiger partial charge in [-0.3, -0.25) is 4.79 Å². The molecule has 1 aliphatic heterocycles. The SMILES string of the molecule is CC(=O)c1cnc(N2CCn3c(nc4ccc(S(C)(=O)=O)cc43)[C@H]2C(C)C)nc1C. The highest BCUT2D eigenvalue weighted by Crippen LogP contribution is 2.36. The molecule has 1 aliphatic rings. The predicted molar refractivity (Wildman–Crippen MR) is 115 cm³/mol. The fraction of sp³-hybridized carbons (Fsp3) is 0.429. The van der Waals surface area contributed by atoms with Gasteiger partial charge in [0.15, 0.2) is 15.6 Å². The van der Waals surface area contributed by atoms with E-state index in [0.717, 1.165) is 16.9 Å². The number of nitrogens with zero attached hydrogens (tertiary/aromatic N) is 5. The fourth-order valence-electron chi connectivity index (χ4n) is 4.12. The monoisotopic (exact) mass is 427 g/mol. The number of imidazole rings is 1. The summed E-state index contributed by atoms with van der Waals surface area (Å²) in [4.78, 5) is 28.1. The molecule has 0 aliphatic carbocycles. The second kappa shape index (κ2) is 7.16. The molecule has 8 nitrogen and oxygen atoms in total. The Labute approximate surface area is 175 Å². The maximum Gasteiger partial charge on any atom is 0.226 e. The summed E-state index contributed by atoms with van der Waals surface area (Å²) in [6.45, 7) is 8.85. The Morgan fingerprint density at radius 1 is 1.20 bits per heavy atom. The molecule has 1 atom stereocenters. The molecule has 1 aromatic carbocycles. The van der Waals surface area contributed by atoms with Crippen LogP contribution in [0.4, 0.5) is 5.95 Å².